The van der Waals surface area contributed by atoms with Gasteiger partial charge in [-0.25, -0.2) is 0 Å². The van der Waals surface area contributed by atoms with Gasteiger partial charge in [0.25, 0.3) is 5.91 Å². The first-order chi connectivity index (χ1) is 9.31. The minimum atomic E-state index is -0.204. The Morgan fingerprint density at radius 2 is 2.32 bits per heavy atom. The largest absolute Gasteiger partial charge is 0.355 e. The Bertz CT molecular complexity index is 508. The van der Waals surface area contributed by atoms with Crippen LogP contribution in [0.15, 0.2) is 28.1 Å². The molecule has 0 atom stereocenters. The number of hydrogen-bond acceptors (Lipinski definition) is 5. The molecule has 0 bridgehead atoms. The quantitative estimate of drug-likeness (QED) is 0.762. The van der Waals surface area contributed by atoms with Crippen molar-refractivity contribution in [1.29, 1.82) is 0 Å². The van der Waals surface area contributed by atoms with Crippen molar-refractivity contribution in [2.45, 2.75) is 13.3 Å². The van der Waals surface area contributed by atoms with Crippen LogP contribution in [0.25, 0.3) is 10.6 Å². The van der Waals surface area contributed by atoms with Gasteiger partial charge in [0.1, 0.15) is 0 Å². The molecule has 0 fully saturated rings. The molecule has 0 unspecified atom stereocenters. The molecule has 1 amide bonds. The molecule has 5 nitrogen and oxygen atoms in total. The zero-order valence-corrected chi connectivity index (χ0v) is 11.6. The van der Waals surface area contributed by atoms with E-state index in [0.717, 1.165) is 24.4 Å². The smallest absolute Gasteiger partial charge is 0.273 e. The fraction of sp³-hybridized carbons (Fsp3) is 0.385. The third-order valence-corrected chi connectivity index (χ3v) is 3.41. The number of rotatable bonds is 7. The third-order valence-electron chi connectivity index (χ3n) is 2.52. The van der Waals surface area contributed by atoms with Crippen LogP contribution in [0, 0.1) is 0 Å². The van der Waals surface area contributed by atoms with Crippen molar-refractivity contribution in [1.82, 2.24) is 15.8 Å². The Labute approximate surface area is 116 Å². The number of nitrogens with one attached hydrogen (secondary N) is 2. The van der Waals surface area contributed by atoms with E-state index in [-0.39, 0.29) is 5.91 Å². The topological polar surface area (TPSA) is 67.2 Å². The predicted octanol–water partition coefficient (Wildman–Crippen LogP) is 2.13. The summed E-state index contributed by atoms with van der Waals surface area (Å²) in [6, 6.07) is 5.53. The van der Waals surface area contributed by atoms with Crippen LogP contribution in [-0.4, -0.2) is 30.7 Å². The highest BCUT2D eigenvalue weighted by Crippen LogP contribution is 2.24. The number of hydrogen-bond donors (Lipinski definition) is 2. The molecule has 2 aromatic rings. The summed E-state index contributed by atoms with van der Waals surface area (Å²) in [7, 11) is 0. The van der Waals surface area contributed by atoms with Crippen molar-refractivity contribution >= 4 is 17.2 Å². The molecule has 2 heterocycles. The van der Waals surface area contributed by atoms with Crippen molar-refractivity contribution in [3.8, 4) is 10.6 Å². The fourth-order valence-electron chi connectivity index (χ4n) is 1.57. The first kappa shape index (κ1) is 13.8. The van der Waals surface area contributed by atoms with Crippen molar-refractivity contribution in [3.63, 3.8) is 0 Å². The van der Waals surface area contributed by atoms with E-state index in [9.17, 15) is 4.79 Å². The van der Waals surface area contributed by atoms with Crippen molar-refractivity contribution in [2.24, 2.45) is 0 Å². The average molecular weight is 279 g/mol. The van der Waals surface area contributed by atoms with Crippen molar-refractivity contribution < 1.29 is 9.32 Å². The molecule has 0 saturated heterocycles. The maximum absolute atomic E-state index is 11.8. The van der Waals surface area contributed by atoms with E-state index >= 15 is 0 Å². The Hall–Kier alpha value is -1.66. The molecule has 19 heavy (non-hydrogen) atoms. The van der Waals surface area contributed by atoms with Gasteiger partial charge in [-0.3, -0.25) is 4.79 Å². The van der Waals surface area contributed by atoms with Crippen LogP contribution < -0.4 is 10.6 Å². The van der Waals surface area contributed by atoms with Gasteiger partial charge in [0, 0.05) is 19.2 Å². The lowest BCUT2D eigenvalue weighted by Gasteiger charge is -2.03. The minimum Gasteiger partial charge on any atom is -0.355 e. The van der Waals surface area contributed by atoms with Gasteiger partial charge in [0.15, 0.2) is 11.5 Å². The van der Waals surface area contributed by atoms with Crippen LogP contribution in [0.1, 0.15) is 23.8 Å². The van der Waals surface area contributed by atoms with E-state index in [1.165, 1.54) is 0 Å². The van der Waals surface area contributed by atoms with Gasteiger partial charge in [0.2, 0.25) is 0 Å². The standard InChI is InChI=1S/C13H17N3O2S/c1-2-5-14-6-7-15-13(17)10-9-11(18-16-10)12-4-3-8-19-12/h3-4,8-9,14H,2,5-7H2,1H3,(H,15,17). The second kappa shape index (κ2) is 7.06. The van der Waals surface area contributed by atoms with E-state index in [0.29, 0.717) is 18.0 Å². The van der Waals surface area contributed by atoms with Gasteiger partial charge >= 0.3 is 0 Å². The zero-order chi connectivity index (χ0) is 13.5. The summed E-state index contributed by atoms with van der Waals surface area (Å²) in [6.07, 6.45) is 1.08. The van der Waals surface area contributed by atoms with Crippen LogP contribution in [0.2, 0.25) is 0 Å². The van der Waals surface area contributed by atoms with Crippen LogP contribution in [0.4, 0.5) is 0 Å². The van der Waals surface area contributed by atoms with E-state index < -0.39 is 0 Å². The molecule has 2 N–H and O–H groups in total. The van der Waals surface area contributed by atoms with E-state index in [1.807, 2.05) is 17.5 Å². The van der Waals surface area contributed by atoms with Gasteiger partial charge in [-0.1, -0.05) is 18.1 Å². The molecule has 0 radical (unpaired) electrons. The number of amides is 1. The fourth-order valence-corrected chi connectivity index (χ4v) is 2.25. The van der Waals surface area contributed by atoms with Gasteiger partial charge in [-0.05, 0) is 24.4 Å². The molecule has 2 aromatic heterocycles. The highest BCUT2D eigenvalue weighted by Gasteiger charge is 2.13. The Kier molecular flexibility index (Phi) is 5.11. The molecular weight excluding hydrogens is 262 g/mol. The molecule has 0 aliphatic heterocycles. The lowest BCUT2D eigenvalue weighted by Crippen LogP contribution is -2.32. The maximum atomic E-state index is 11.8. The van der Waals surface area contributed by atoms with E-state index in [2.05, 4.69) is 22.7 Å². The summed E-state index contributed by atoms with van der Waals surface area (Å²) >= 11 is 1.55. The van der Waals surface area contributed by atoms with Crippen LogP contribution in [0.3, 0.4) is 0 Å². The highest BCUT2D eigenvalue weighted by atomic mass is 32.1. The van der Waals surface area contributed by atoms with Crippen LogP contribution in [-0.2, 0) is 0 Å². The average Bonchev–Trinajstić information content (AvgIpc) is 3.08. The molecule has 0 saturated carbocycles. The monoisotopic (exact) mass is 279 g/mol. The molecule has 0 aliphatic rings. The maximum Gasteiger partial charge on any atom is 0.273 e. The number of carbonyl (C=O) groups excluding carboxylic acids is 1. The summed E-state index contributed by atoms with van der Waals surface area (Å²) in [4.78, 5) is 12.8. The molecule has 0 aromatic carbocycles. The predicted molar refractivity (Wildman–Crippen MR) is 75.3 cm³/mol. The second-order valence-electron chi connectivity index (χ2n) is 4.06. The Balaban J connectivity index is 1.83. The Morgan fingerprint density at radius 3 is 3.05 bits per heavy atom. The molecule has 0 spiro atoms. The second-order valence-corrected chi connectivity index (χ2v) is 5.01. The van der Waals surface area contributed by atoms with Crippen molar-refractivity contribution in [3.05, 3.63) is 29.3 Å². The lowest BCUT2D eigenvalue weighted by atomic mass is 10.3. The van der Waals surface area contributed by atoms with Gasteiger partial charge in [-0.2, -0.15) is 0 Å². The molecule has 6 heteroatoms. The highest BCUT2D eigenvalue weighted by molar-refractivity contribution is 7.13. The van der Waals surface area contributed by atoms with E-state index in [1.54, 1.807) is 17.4 Å². The Morgan fingerprint density at radius 1 is 1.42 bits per heavy atom. The number of aromatic nitrogens is 1. The van der Waals surface area contributed by atoms with Crippen LogP contribution >= 0.6 is 11.3 Å². The number of carbonyl (C=O) groups is 1. The first-order valence-electron chi connectivity index (χ1n) is 6.30. The SMILES string of the molecule is CCCNCCNC(=O)c1cc(-c2cccs2)on1. The number of thiophene rings is 1. The van der Waals surface area contributed by atoms with Crippen LogP contribution in [0.5, 0.6) is 0 Å². The molecular formula is C13H17N3O2S. The zero-order valence-electron chi connectivity index (χ0n) is 10.8. The summed E-state index contributed by atoms with van der Waals surface area (Å²) in [5.74, 6) is 0.425. The minimum absolute atomic E-state index is 0.204. The lowest BCUT2D eigenvalue weighted by molar-refractivity contribution is 0.0945. The third kappa shape index (κ3) is 3.90. The molecule has 2 rings (SSSR count). The summed E-state index contributed by atoms with van der Waals surface area (Å²) in [5, 5.41) is 11.8. The van der Waals surface area contributed by atoms with Gasteiger partial charge < -0.3 is 15.2 Å². The molecule has 0 aliphatic carbocycles. The number of nitrogens with zero attached hydrogens (tertiary/aromatic N) is 1. The summed E-state index contributed by atoms with van der Waals surface area (Å²) in [6.45, 7) is 4.41. The normalized spacial score (nSPS) is 10.6. The van der Waals surface area contributed by atoms with Gasteiger partial charge in [-0.15, -0.1) is 11.3 Å². The summed E-state index contributed by atoms with van der Waals surface area (Å²) in [5.41, 5.74) is 0.318. The summed E-state index contributed by atoms with van der Waals surface area (Å²) < 4.78 is 5.16. The van der Waals surface area contributed by atoms with E-state index in [4.69, 9.17) is 4.52 Å². The first-order valence-corrected chi connectivity index (χ1v) is 7.18. The van der Waals surface area contributed by atoms with Gasteiger partial charge in [0.05, 0.1) is 4.88 Å². The van der Waals surface area contributed by atoms with Crippen molar-refractivity contribution in [2.75, 3.05) is 19.6 Å². The molecule has 102 valence electrons.